The molecule has 0 bridgehead atoms. The standard InChI is InChI=1S/C22H25NO5S2/c1-22(2)19(13-23-28-15-30(3,25)26)20(22)21(24)27-14-16-8-7-11-18(12-16)29-17-9-5-4-6-10-17/h4-13,19-20H,14-15H2,1-3H3/b23-13+. The largest absolute Gasteiger partial charge is 0.461 e. The van der Waals surface area contributed by atoms with Gasteiger partial charge in [0.2, 0.25) is 5.94 Å². The highest BCUT2D eigenvalue weighted by atomic mass is 32.2. The molecule has 0 aliphatic heterocycles. The van der Waals surface area contributed by atoms with Crippen molar-refractivity contribution in [1.82, 2.24) is 0 Å². The smallest absolute Gasteiger partial charge is 0.310 e. The third kappa shape index (κ3) is 6.09. The van der Waals surface area contributed by atoms with Crippen molar-refractivity contribution < 1.29 is 22.8 Å². The fraction of sp³-hybridized carbons (Fsp3) is 0.364. The van der Waals surface area contributed by atoms with Crippen LogP contribution in [0, 0.1) is 17.3 Å². The lowest BCUT2D eigenvalue weighted by molar-refractivity contribution is -0.147. The second-order valence-corrected chi connectivity index (χ2v) is 11.2. The third-order valence-electron chi connectivity index (χ3n) is 4.99. The van der Waals surface area contributed by atoms with E-state index in [4.69, 9.17) is 9.57 Å². The summed E-state index contributed by atoms with van der Waals surface area (Å²) in [6, 6.07) is 18.0. The van der Waals surface area contributed by atoms with E-state index in [1.54, 1.807) is 11.8 Å². The van der Waals surface area contributed by atoms with E-state index >= 15 is 0 Å². The van der Waals surface area contributed by atoms with Gasteiger partial charge in [-0.25, -0.2) is 8.42 Å². The van der Waals surface area contributed by atoms with Crippen molar-refractivity contribution in [3.63, 3.8) is 0 Å². The van der Waals surface area contributed by atoms with Gasteiger partial charge in [0.05, 0.1) is 5.92 Å². The normalized spacial score (nSPS) is 20.1. The third-order valence-corrected chi connectivity index (χ3v) is 6.52. The van der Waals surface area contributed by atoms with E-state index in [9.17, 15) is 13.2 Å². The Morgan fingerprint density at radius 1 is 1.13 bits per heavy atom. The first-order valence-corrected chi connectivity index (χ1v) is 12.4. The predicted molar refractivity (Wildman–Crippen MR) is 117 cm³/mol. The molecule has 6 nitrogen and oxygen atoms in total. The number of nitrogens with zero attached hydrogens (tertiary/aromatic N) is 1. The van der Waals surface area contributed by atoms with Crippen molar-refractivity contribution >= 4 is 33.8 Å². The second-order valence-electron chi connectivity index (χ2n) is 7.92. The van der Waals surface area contributed by atoms with E-state index in [1.807, 2.05) is 68.4 Å². The Kier molecular flexibility index (Phi) is 6.88. The summed E-state index contributed by atoms with van der Waals surface area (Å²) >= 11 is 1.65. The van der Waals surface area contributed by atoms with Crippen LogP contribution in [0.5, 0.6) is 0 Å². The van der Waals surface area contributed by atoms with Crippen molar-refractivity contribution in [2.24, 2.45) is 22.4 Å². The summed E-state index contributed by atoms with van der Waals surface area (Å²) in [5.41, 5.74) is 0.615. The molecular formula is C22H25NO5S2. The molecule has 0 saturated heterocycles. The molecule has 160 valence electrons. The molecule has 1 saturated carbocycles. The lowest BCUT2D eigenvalue weighted by atomic mass is 10.1. The van der Waals surface area contributed by atoms with E-state index in [1.165, 1.54) is 6.21 Å². The van der Waals surface area contributed by atoms with E-state index in [-0.39, 0.29) is 29.8 Å². The highest BCUT2D eigenvalue weighted by Crippen LogP contribution is 2.57. The minimum absolute atomic E-state index is 0.149. The Labute approximate surface area is 181 Å². The van der Waals surface area contributed by atoms with E-state index in [2.05, 4.69) is 5.16 Å². The Balaban J connectivity index is 1.53. The van der Waals surface area contributed by atoms with Crippen LogP contribution in [0.4, 0.5) is 0 Å². The number of esters is 1. The number of hydrogen-bond donors (Lipinski definition) is 0. The van der Waals surface area contributed by atoms with E-state index < -0.39 is 15.8 Å². The molecule has 2 unspecified atom stereocenters. The predicted octanol–water partition coefficient (Wildman–Crippen LogP) is 4.16. The number of benzene rings is 2. The van der Waals surface area contributed by atoms with Crippen LogP contribution in [0.15, 0.2) is 69.5 Å². The molecule has 1 aliphatic carbocycles. The molecule has 0 radical (unpaired) electrons. The second kappa shape index (κ2) is 9.22. The fourth-order valence-electron chi connectivity index (χ4n) is 3.21. The average molecular weight is 448 g/mol. The SMILES string of the molecule is CC1(C)C(/C=N/OCS(C)(=O)=O)C1C(=O)OCc1cccc(Sc2ccccc2)c1. The lowest BCUT2D eigenvalue weighted by Gasteiger charge is -2.08. The van der Waals surface area contributed by atoms with Crippen LogP contribution >= 0.6 is 11.8 Å². The molecule has 3 rings (SSSR count). The first-order valence-electron chi connectivity index (χ1n) is 9.48. The van der Waals surface area contributed by atoms with Crippen LogP contribution < -0.4 is 0 Å². The molecule has 2 aromatic rings. The number of oxime groups is 1. The van der Waals surface area contributed by atoms with Crippen LogP contribution in [0.3, 0.4) is 0 Å². The maximum Gasteiger partial charge on any atom is 0.310 e. The summed E-state index contributed by atoms with van der Waals surface area (Å²) in [7, 11) is -3.25. The van der Waals surface area contributed by atoms with Crippen LogP contribution in [0.25, 0.3) is 0 Å². The minimum atomic E-state index is -3.25. The van der Waals surface area contributed by atoms with Gasteiger partial charge in [-0.1, -0.05) is 61.1 Å². The quantitative estimate of drug-likeness (QED) is 0.326. The van der Waals surface area contributed by atoms with Crippen molar-refractivity contribution in [2.75, 3.05) is 12.2 Å². The molecular weight excluding hydrogens is 422 g/mol. The number of ether oxygens (including phenoxy) is 1. The first kappa shape index (κ1) is 22.4. The van der Waals surface area contributed by atoms with Gasteiger partial charge in [-0.3, -0.25) is 4.79 Å². The van der Waals surface area contributed by atoms with Gasteiger partial charge in [0.1, 0.15) is 6.61 Å². The van der Waals surface area contributed by atoms with Crippen molar-refractivity contribution in [2.45, 2.75) is 30.2 Å². The Morgan fingerprint density at radius 2 is 1.83 bits per heavy atom. The van der Waals surface area contributed by atoms with Gasteiger partial charge in [0.15, 0.2) is 9.84 Å². The summed E-state index contributed by atoms with van der Waals surface area (Å²) in [4.78, 5) is 19.6. The number of sulfone groups is 1. The zero-order valence-electron chi connectivity index (χ0n) is 17.1. The van der Waals surface area contributed by atoms with E-state index in [0.29, 0.717) is 0 Å². The molecule has 2 aromatic carbocycles. The van der Waals surface area contributed by atoms with Crippen molar-refractivity contribution in [3.8, 4) is 0 Å². The number of carbonyl (C=O) groups is 1. The lowest BCUT2D eigenvalue weighted by Crippen LogP contribution is -2.11. The summed E-state index contributed by atoms with van der Waals surface area (Å²) < 4.78 is 27.7. The molecule has 8 heteroatoms. The Bertz CT molecular complexity index is 1020. The number of rotatable bonds is 9. The number of hydrogen-bond acceptors (Lipinski definition) is 7. The number of carbonyl (C=O) groups excluding carboxylic acids is 1. The zero-order valence-corrected chi connectivity index (χ0v) is 18.8. The molecule has 1 fully saturated rings. The van der Waals surface area contributed by atoms with Gasteiger partial charge in [-0.2, -0.15) is 0 Å². The minimum Gasteiger partial charge on any atom is -0.461 e. The van der Waals surface area contributed by atoms with Gasteiger partial charge in [-0.15, -0.1) is 0 Å². The van der Waals surface area contributed by atoms with Gasteiger partial charge in [0.25, 0.3) is 0 Å². The van der Waals surface area contributed by atoms with Crippen molar-refractivity contribution in [3.05, 3.63) is 60.2 Å². The maximum atomic E-state index is 12.5. The first-order chi connectivity index (χ1) is 14.2. The van der Waals surface area contributed by atoms with Crippen LogP contribution in [0.2, 0.25) is 0 Å². The molecule has 0 heterocycles. The van der Waals surface area contributed by atoms with Crippen LogP contribution in [0.1, 0.15) is 19.4 Å². The van der Waals surface area contributed by atoms with Crippen molar-refractivity contribution in [1.29, 1.82) is 0 Å². The van der Waals surface area contributed by atoms with Gasteiger partial charge in [-0.05, 0) is 35.2 Å². The van der Waals surface area contributed by atoms with Gasteiger partial charge in [0, 0.05) is 28.2 Å². The fourth-order valence-corrected chi connectivity index (χ4v) is 4.38. The average Bonchev–Trinajstić information content (AvgIpc) is 3.24. The maximum absolute atomic E-state index is 12.5. The van der Waals surface area contributed by atoms with Crippen LogP contribution in [-0.2, 0) is 30.8 Å². The highest BCUT2D eigenvalue weighted by molar-refractivity contribution is 7.99. The zero-order chi connectivity index (χ0) is 21.8. The molecule has 0 amide bonds. The molecule has 1 aliphatic rings. The summed E-state index contributed by atoms with van der Waals surface area (Å²) in [5, 5.41) is 3.70. The Hall–Kier alpha value is -2.32. The Morgan fingerprint density at radius 3 is 2.53 bits per heavy atom. The molecule has 0 spiro atoms. The molecule has 30 heavy (non-hydrogen) atoms. The van der Waals surface area contributed by atoms with E-state index in [0.717, 1.165) is 21.6 Å². The summed E-state index contributed by atoms with van der Waals surface area (Å²) in [6.45, 7) is 4.09. The molecule has 0 aromatic heterocycles. The van der Waals surface area contributed by atoms with Crippen LogP contribution in [-0.4, -0.2) is 32.8 Å². The summed E-state index contributed by atoms with van der Waals surface area (Å²) in [5.74, 6) is -1.25. The molecule has 2 atom stereocenters. The van der Waals surface area contributed by atoms with Gasteiger partial charge < -0.3 is 9.57 Å². The monoisotopic (exact) mass is 447 g/mol. The molecule has 0 N–H and O–H groups in total. The topological polar surface area (TPSA) is 82.0 Å². The highest BCUT2D eigenvalue weighted by Gasteiger charge is 2.62. The van der Waals surface area contributed by atoms with Gasteiger partial charge >= 0.3 is 5.97 Å². The summed E-state index contributed by atoms with van der Waals surface area (Å²) in [6.07, 6.45) is 2.56.